The molecule has 4 heteroatoms. The van der Waals surface area contributed by atoms with Gasteiger partial charge in [-0.1, -0.05) is 12.8 Å². The minimum atomic E-state index is 0.148. The summed E-state index contributed by atoms with van der Waals surface area (Å²) in [6, 6.07) is 1.77. The summed E-state index contributed by atoms with van der Waals surface area (Å²) in [7, 11) is 0. The van der Waals surface area contributed by atoms with Crippen molar-refractivity contribution in [1.29, 1.82) is 0 Å². The van der Waals surface area contributed by atoms with E-state index in [9.17, 15) is 4.79 Å². The molecule has 1 aromatic heterocycles. The fourth-order valence-corrected chi connectivity index (χ4v) is 4.37. The molecule has 2 heterocycles. The van der Waals surface area contributed by atoms with Crippen molar-refractivity contribution in [1.82, 2.24) is 14.5 Å². The topological polar surface area (TPSA) is 38.1 Å². The van der Waals surface area contributed by atoms with Gasteiger partial charge in [-0.25, -0.2) is 4.98 Å². The van der Waals surface area contributed by atoms with Gasteiger partial charge in [0.25, 0.3) is 5.56 Å². The van der Waals surface area contributed by atoms with Crippen molar-refractivity contribution in [2.45, 2.75) is 63.8 Å². The fraction of sp³-hybridized carbons (Fsp3) is 0.789. The second-order valence-electron chi connectivity index (χ2n) is 7.97. The number of rotatable bonds is 5. The van der Waals surface area contributed by atoms with Gasteiger partial charge in [0.2, 0.25) is 0 Å². The number of aromatic nitrogens is 2. The molecule has 1 aromatic rings. The van der Waals surface area contributed by atoms with Gasteiger partial charge in [0.1, 0.15) is 0 Å². The van der Waals surface area contributed by atoms with E-state index in [-0.39, 0.29) is 5.56 Å². The van der Waals surface area contributed by atoms with Crippen molar-refractivity contribution < 1.29 is 0 Å². The third-order valence-electron chi connectivity index (χ3n) is 6.05. The van der Waals surface area contributed by atoms with Gasteiger partial charge in [-0.3, -0.25) is 9.36 Å². The first-order chi connectivity index (χ1) is 11.3. The van der Waals surface area contributed by atoms with Crippen molar-refractivity contribution in [3.05, 3.63) is 28.4 Å². The first-order valence-electron chi connectivity index (χ1n) is 9.56. The Bertz CT molecular complexity index is 579. The van der Waals surface area contributed by atoms with Crippen LogP contribution in [0.3, 0.4) is 0 Å². The van der Waals surface area contributed by atoms with Gasteiger partial charge in [0.05, 0.1) is 12.0 Å². The van der Waals surface area contributed by atoms with Crippen molar-refractivity contribution in [3.8, 4) is 0 Å². The SMILES string of the molecule is O=c1cc(C2CC2)ncn1CC1CCN(CC2CCCC2)CC1. The zero-order chi connectivity index (χ0) is 15.6. The lowest BCUT2D eigenvalue weighted by Crippen LogP contribution is -2.38. The summed E-state index contributed by atoms with van der Waals surface area (Å²) >= 11 is 0. The summed E-state index contributed by atoms with van der Waals surface area (Å²) in [5.41, 5.74) is 1.16. The van der Waals surface area contributed by atoms with Crippen molar-refractivity contribution in [3.63, 3.8) is 0 Å². The largest absolute Gasteiger partial charge is 0.303 e. The minimum absolute atomic E-state index is 0.148. The Labute approximate surface area is 138 Å². The molecular weight excluding hydrogens is 286 g/mol. The Kier molecular flexibility index (Phi) is 4.52. The number of hydrogen-bond acceptors (Lipinski definition) is 3. The molecule has 126 valence electrons. The highest BCUT2D eigenvalue weighted by Gasteiger charge is 2.26. The molecule has 0 unspecified atom stereocenters. The number of hydrogen-bond donors (Lipinski definition) is 0. The van der Waals surface area contributed by atoms with Crippen molar-refractivity contribution >= 4 is 0 Å². The van der Waals surface area contributed by atoms with E-state index in [0.29, 0.717) is 11.8 Å². The van der Waals surface area contributed by atoms with Crippen LogP contribution >= 0.6 is 0 Å². The first kappa shape index (κ1) is 15.4. The molecular formula is C19H29N3O. The highest BCUT2D eigenvalue weighted by atomic mass is 16.1. The molecule has 0 spiro atoms. The van der Waals surface area contributed by atoms with Crippen LogP contribution in [0, 0.1) is 11.8 Å². The van der Waals surface area contributed by atoms with E-state index in [1.807, 2.05) is 4.57 Å². The van der Waals surface area contributed by atoms with E-state index >= 15 is 0 Å². The predicted molar refractivity (Wildman–Crippen MR) is 91.6 cm³/mol. The molecule has 4 nitrogen and oxygen atoms in total. The lowest BCUT2D eigenvalue weighted by atomic mass is 9.95. The molecule has 23 heavy (non-hydrogen) atoms. The molecule has 2 aliphatic carbocycles. The molecule has 1 saturated heterocycles. The number of nitrogens with zero attached hydrogens (tertiary/aromatic N) is 3. The van der Waals surface area contributed by atoms with Crippen LogP contribution in [0.4, 0.5) is 0 Å². The normalized spacial score (nSPS) is 24.3. The van der Waals surface area contributed by atoms with E-state index < -0.39 is 0 Å². The maximum atomic E-state index is 12.3. The second-order valence-corrected chi connectivity index (χ2v) is 7.97. The molecule has 2 saturated carbocycles. The molecule has 0 N–H and O–H groups in total. The van der Waals surface area contributed by atoms with Crippen molar-refractivity contribution in [2.24, 2.45) is 11.8 Å². The Hall–Kier alpha value is -1.16. The van der Waals surface area contributed by atoms with E-state index in [1.54, 1.807) is 12.4 Å². The van der Waals surface area contributed by atoms with Crippen LogP contribution in [0.5, 0.6) is 0 Å². The average Bonchev–Trinajstić information content (AvgIpc) is 3.29. The summed E-state index contributed by atoms with van der Waals surface area (Å²) in [4.78, 5) is 19.4. The Morgan fingerprint density at radius 2 is 1.65 bits per heavy atom. The predicted octanol–water partition coefficient (Wildman–Crippen LogP) is 3.02. The zero-order valence-corrected chi connectivity index (χ0v) is 14.1. The first-order valence-corrected chi connectivity index (χ1v) is 9.56. The van der Waals surface area contributed by atoms with Crippen LogP contribution in [0.1, 0.15) is 63.0 Å². The van der Waals surface area contributed by atoms with Crippen LogP contribution in [-0.2, 0) is 6.54 Å². The maximum Gasteiger partial charge on any atom is 0.253 e. The summed E-state index contributed by atoms with van der Waals surface area (Å²) in [6.07, 6.45) is 12.4. The third-order valence-corrected chi connectivity index (χ3v) is 6.05. The van der Waals surface area contributed by atoms with Gasteiger partial charge >= 0.3 is 0 Å². The smallest absolute Gasteiger partial charge is 0.253 e. The maximum absolute atomic E-state index is 12.3. The zero-order valence-electron chi connectivity index (χ0n) is 14.1. The second kappa shape index (κ2) is 6.76. The summed E-state index contributed by atoms with van der Waals surface area (Å²) in [5, 5.41) is 0. The lowest BCUT2D eigenvalue weighted by Gasteiger charge is -2.33. The summed E-state index contributed by atoms with van der Waals surface area (Å²) < 4.78 is 1.84. The van der Waals surface area contributed by atoms with Crippen LogP contribution in [0.2, 0.25) is 0 Å². The van der Waals surface area contributed by atoms with Gasteiger partial charge in [0.15, 0.2) is 0 Å². The standard InChI is InChI=1S/C19H29N3O/c23-19-11-18(17-5-6-17)20-14-22(19)13-16-7-9-21(10-8-16)12-15-3-1-2-4-15/h11,14-17H,1-10,12-13H2. The molecule has 0 aromatic carbocycles. The van der Waals surface area contributed by atoms with Crippen LogP contribution < -0.4 is 5.56 Å². The lowest BCUT2D eigenvalue weighted by molar-refractivity contribution is 0.152. The van der Waals surface area contributed by atoms with Gasteiger partial charge in [0, 0.05) is 25.1 Å². The minimum Gasteiger partial charge on any atom is -0.303 e. The van der Waals surface area contributed by atoms with Gasteiger partial charge in [-0.15, -0.1) is 0 Å². The molecule has 4 rings (SSSR count). The molecule has 3 aliphatic rings. The van der Waals surface area contributed by atoms with E-state index in [0.717, 1.165) is 18.2 Å². The van der Waals surface area contributed by atoms with E-state index in [1.165, 1.54) is 71.0 Å². The average molecular weight is 315 g/mol. The molecule has 0 radical (unpaired) electrons. The van der Waals surface area contributed by atoms with Gasteiger partial charge < -0.3 is 4.90 Å². The molecule has 0 amide bonds. The third kappa shape index (κ3) is 3.85. The van der Waals surface area contributed by atoms with E-state index in [4.69, 9.17) is 0 Å². The Balaban J connectivity index is 1.28. The fourth-order valence-electron chi connectivity index (χ4n) is 4.37. The summed E-state index contributed by atoms with van der Waals surface area (Å²) in [6.45, 7) is 4.59. The quantitative estimate of drug-likeness (QED) is 0.838. The van der Waals surface area contributed by atoms with Crippen LogP contribution in [-0.4, -0.2) is 34.1 Å². The van der Waals surface area contributed by atoms with Crippen LogP contribution in [0.15, 0.2) is 17.2 Å². The van der Waals surface area contributed by atoms with Crippen LogP contribution in [0.25, 0.3) is 0 Å². The highest BCUT2D eigenvalue weighted by molar-refractivity contribution is 5.12. The molecule has 0 atom stereocenters. The molecule has 0 bridgehead atoms. The summed E-state index contributed by atoms with van der Waals surface area (Å²) in [5.74, 6) is 2.16. The monoisotopic (exact) mass is 315 g/mol. The molecule has 1 aliphatic heterocycles. The van der Waals surface area contributed by atoms with Gasteiger partial charge in [-0.2, -0.15) is 0 Å². The highest BCUT2D eigenvalue weighted by Crippen LogP contribution is 2.38. The number of likely N-dealkylation sites (tertiary alicyclic amines) is 1. The Morgan fingerprint density at radius 1 is 0.957 bits per heavy atom. The van der Waals surface area contributed by atoms with Crippen molar-refractivity contribution in [2.75, 3.05) is 19.6 Å². The van der Waals surface area contributed by atoms with E-state index in [2.05, 4.69) is 9.88 Å². The Morgan fingerprint density at radius 3 is 2.30 bits per heavy atom. The van der Waals surface area contributed by atoms with Gasteiger partial charge in [-0.05, 0) is 63.5 Å². The number of piperidine rings is 1. The molecule has 3 fully saturated rings.